The van der Waals surface area contributed by atoms with Gasteiger partial charge >= 0.3 is 0 Å². The molecule has 120 valence electrons. The minimum Gasteiger partial charge on any atom is -0.388 e. The van der Waals surface area contributed by atoms with Crippen molar-refractivity contribution in [3.8, 4) is 0 Å². The summed E-state index contributed by atoms with van der Waals surface area (Å²) >= 11 is 0. The van der Waals surface area contributed by atoms with E-state index in [9.17, 15) is 20.0 Å². The predicted molar refractivity (Wildman–Crippen MR) is 82.8 cm³/mol. The van der Waals surface area contributed by atoms with Gasteiger partial charge in [-0.3, -0.25) is 14.9 Å². The number of aliphatic hydroxyl groups is 1. The van der Waals surface area contributed by atoms with E-state index < -0.39 is 10.5 Å². The van der Waals surface area contributed by atoms with Crippen molar-refractivity contribution < 1.29 is 14.8 Å². The molecule has 1 aliphatic rings. The normalized spacial score (nSPS) is 17.5. The summed E-state index contributed by atoms with van der Waals surface area (Å²) in [5, 5.41) is 24.1. The lowest BCUT2D eigenvalue weighted by Crippen LogP contribution is -2.42. The number of nitrogens with zero attached hydrogens (tertiary/aromatic N) is 1. The number of carbonyl (C=O) groups excluding carboxylic acids is 1. The molecule has 1 saturated carbocycles. The van der Waals surface area contributed by atoms with Gasteiger partial charge < -0.3 is 10.4 Å². The van der Waals surface area contributed by atoms with Gasteiger partial charge in [0.25, 0.3) is 11.6 Å². The van der Waals surface area contributed by atoms with Gasteiger partial charge in [-0.1, -0.05) is 25.7 Å². The van der Waals surface area contributed by atoms with Gasteiger partial charge in [0.2, 0.25) is 0 Å². The van der Waals surface area contributed by atoms with E-state index in [4.69, 9.17) is 0 Å². The van der Waals surface area contributed by atoms with Crippen LogP contribution < -0.4 is 5.32 Å². The molecule has 1 amide bonds. The fourth-order valence-corrected chi connectivity index (χ4v) is 2.91. The molecule has 22 heavy (non-hydrogen) atoms. The Morgan fingerprint density at radius 1 is 1.32 bits per heavy atom. The molecule has 0 spiro atoms. The number of nitro benzene ring substituents is 1. The summed E-state index contributed by atoms with van der Waals surface area (Å²) < 4.78 is 0. The highest BCUT2D eigenvalue weighted by Crippen LogP contribution is 2.26. The lowest BCUT2D eigenvalue weighted by molar-refractivity contribution is -0.385. The van der Waals surface area contributed by atoms with E-state index >= 15 is 0 Å². The average molecular weight is 306 g/mol. The molecule has 0 atom stereocenters. The molecule has 0 saturated heterocycles. The highest BCUT2D eigenvalue weighted by Gasteiger charge is 2.28. The lowest BCUT2D eigenvalue weighted by Gasteiger charge is -2.26. The van der Waals surface area contributed by atoms with Gasteiger partial charge in [0.1, 0.15) is 0 Å². The van der Waals surface area contributed by atoms with Gasteiger partial charge in [-0.25, -0.2) is 0 Å². The summed E-state index contributed by atoms with van der Waals surface area (Å²) in [4.78, 5) is 22.5. The number of amides is 1. The smallest absolute Gasteiger partial charge is 0.272 e. The highest BCUT2D eigenvalue weighted by molar-refractivity contribution is 5.94. The Hall–Kier alpha value is -1.95. The Bertz CT molecular complexity index is 563. The molecule has 1 aromatic carbocycles. The average Bonchev–Trinajstić information content (AvgIpc) is 2.69. The number of benzene rings is 1. The van der Waals surface area contributed by atoms with E-state index in [1.165, 1.54) is 18.2 Å². The maximum atomic E-state index is 12.2. The molecule has 0 unspecified atom stereocenters. The van der Waals surface area contributed by atoms with E-state index in [1.807, 2.05) is 0 Å². The SMILES string of the molecule is Cc1cc(C(=O)NCC2(O)CCCCCC2)ccc1[N+](=O)[O-]. The topological polar surface area (TPSA) is 92.5 Å². The molecule has 1 aliphatic carbocycles. The minimum atomic E-state index is -0.831. The Morgan fingerprint density at radius 2 is 1.95 bits per heavy atom. The maximum Gasteiger partial charge on any atom is 0.272 e. The van der Waals surface area contributed by atoms with E-state index in [0.29, 0.717) is 24.0 Å². The number of nitrogens with one attached hydrogen (secondary N) is 1. The number of hydrogen-bond donors (Lipinski definition) is 2. The Labute approximate surface area is 129 Å². The van der Waals surface area contributed by atoms with Crippen molar-refractivity contribution in [1.29, 1.82) is 0 Å². The van der Waals surface area contributed by atoms with Crippen molar-refractivity contribution in [2.75, 3.05) is 6.54 Å². The van der Waals surface area contributed by atoms with Crippen LogP contribution in [0.3, 0.4) is 0 Å². The first-order valence-corrected chi connectivity index (χ1v) is 7.67. The second-order valence-corrected chi connectivity index (χ2v) is 6.08. The van der Waals surface area contributed by atoms with Gasteiger partial charge in [0.15, 0.2) is 0 Å². The van der Waals surface area contributed by atoms with Crippen LogP contribution in [0.2, 0.25) is 0 Å². The zero-order chi connectivity index (χ0) is 16.2. The van der Waals surface area contributed by atoms with Gasteiger partial charge in [-0.2, -0.15) is 0 Å². The van der Waals surface area contributed by atoms with E-state index in [-0.39, 0.29) is 18.1 Å². The summed E-state index contributed by atoms with van der Waals surface area (Å²) in [7, 11) is 0. The van der Waals surface area contributed by atoms with E-state index in [2.05, 4.69) is 5.32 Å². The summed E-state index contributed by atoms with van der Waals surface area (Å²) in [5.74, 6) is -0.310. The Balaban J connectivity index is 2.00. The summed E-state index contributed by atoms with van der Waals surface area (Å²) in [6.45, 7) is 1.83. The van der Waals surface area contributed by atoms with E-state index in [1.54, 1.807) is 6.92 Å². The van der Waals surface area contributed by atoms with E-state index in [0.717, 1.165) is 25.7 Å². The largest absolute Gasteiger partial charge is 0.388 e. The fourth-order valence-electron chi connectivity index (χ4n) is 2.91. The van der Waals surface area contributed by atoms with Gasteiger partial charge in [-0.05, 0) is 31.9 Å². The zero-order valence-corrected chi connectivity index (χ0v) is 12.8. The van der Waals surface area contributed by atoms with Crippen molar-refractivity contribution in [3.63, 3.8) is 0 Å². The molecule has 0 bridgehead atoms. The van der Waals surface area contributed by atoms with Crippen LogP contribution in [0.1, 0.15) is 54.4 Å². The van der Waals surface area contributed by atoms with Crippen molar-refractivity contribution in [2.24, 2.45) is 0 Å². The standard InChI is InChI=1S/C16H22N2O4/c1-12-10-13(6-7-14(12)18(21)22)15(19)17-11-16(20)8-4-2-3-5-9-16/h6-7,10,20H,2-5,8-9,11H2,1H3,(H,17,19). The molecular formula is C16H22N2O4. The minimum absolute atomic E-state index is 0.000975. The molecule has 6 nitrogen and oxygen atoms in total. The third kappa shape index (κ3) is 4.04. The first-order valence-electron chi connectivity index (χ1n) is 7.67. The molecule has 0 radical (unpaired) electrons. The Kier molecular flexibility index (Phi) is 5.13. The number of aryl methyl sites for hydroxylation is 1. The fraction of sp³-hybridized carbons (Fsp3) is 0.562. The van der Waals surface area contributed by atoms with Crippen molar-refractivity contribution in [1.82, 2.24) is 5.32 Å². The van der Waals surface area contributed by atoms with Crippen molar-refractivity contribution in [2.45, 2.75) is 51.0 Å². The summed E-state index contributed by atoms with van der Waals surface area (Å²) in [6.07, 6.45) is 5.60. The number of rotatable bonds is 4. The third-order valence-corrected chi connectivity index (χ3v) is 4.27. The van der Waals surface area contributed by atoms with Gasteiger partial charge in [0, 0.05) is 23.7 Å². The lowest BCUT2D eigenvalue weighted by atomic mass is 9.94. The van der Waals surface area contributed by atoms with Crippen LogP contribution in [0.5, 0.6) is 0 Å². The van der Waals surface area contributed by atoms with Crippen LogP contribution in [0.15, 0.2) is 18.2 Å². The number of carbonyl (C=O) groups is 1. The second kappa shape index (κ2) is 6.87. The van der Waals surface area contributed by atoms with Gasteiger partial charge in [-0.15, -0.1) is 0 Å². The molecule has 2 rings (SSSR count). The zero-order valence-electron chi connectivity index (χ0n) is 12.8. The first-order chi connectivity index (χ1) is 10.4. The first kappa shape index (κ1) is 16.4. The molecule has 1 aromatic rings. The van der Waals surface area contributed by atoms with Crippen LogP contribution in [0.25, 0.3) is 0 Å². The monoisotopic (exact) mass is 306 g/mol. The quantitative estimate of drug-likeness (QED) is 0.508. The second-order valence-electron chi connectivity index (χ2n) is 6.08. The Morgan fingerprint density at radius 3 is 2.50 bits per heavy atom. The van der Waals surface area contributed by atoms with Crippen LogP contribution in [0.4, 0.5) is 5.69 Å². The number of hydrogen-bond acceptors (Lipinski definition) is 4. The van der Waals surface area contributed by atoms with Gasteiger partial charge in [0.05, 0.1) is 10.5 Å². The molecule has 1 fully saturated rings. The molecule has 2 N–H and O–H groups in total. The highest BCUT2D eigenvalue weighted by atomic mass is 16.6. The maximum absolute atomic E-state index is 12.2. The predicted octanol–water partition coefficient (Wildman–Crippen LogP) is 2.72. The van der Waals surface area contributed by atoms with Crippen molar-refractivity contribution >= 4 is 11.6 Å². The molecular weight excluding hydrogens is 284 g/mol. The molecule has 0 aliphatic heterocycles. The van der Waals surface area contributed by atoms with Crippen LogP contribution in [0, 0.1) is 17.0 Å². The number of nitro groups is 1. The van der Waals surface area contributed by atoms with Crippen LogP contribution >= 0.6 is 0 Å². The van der Waals surface area contributed by atoms with Crippen molar-refractivity contribution in [3.05, 3.63) is 39.4 Å². The third-order valence-electron chi connectivity index (χ3n) is 4.27. The van der Waals surface area contributed by atoms with Crippen LogP contribution in [-0.4, -0.2) is 28.1 Å². The summed E-state index contributed by atoms with van der Waals surface area (Å²) in [5.41, 5.74) is -0.00720. The molecule has 6 heteroatoms. The summed E-state index contributed by atoms with van der Waals surface area (Å²) in [6, 6.07) is 4.28. The molecule has 0 heterocycles. The van der Waals surface area contributed by atoms with Crippen LogP contribution in [-0.2, 0) is 0 Å². The molecule has 0 aromatic heterocycles.